The molecule has 0 saturated carbocycles. The summed E-state index contributed by atoms with van der Waals surface area (Å²) < 4.78 is 4.93. The molecule has 2 N–H and O–H groups in total. The molecular formula is C14H19N5O2. The molecule has 2 rings (SSSR count). The highest BCUT2D eigenvalue weighted by atomic mass is 16.5. The molecule has 0 bridgehead atoms. The van der Waals surface area contributed by atoms with Gasteiger partial charge in [0.2, 0.25) is 0 Å². The monoisotopic (exact) mass is 289 g/mol. The maximum Gasteiger partial charge on any atom is 0.277 e. The zero-order valence-electron chi connectivity index (χ0n) is 12.6. The molecule has 0 aliphatic rings. The largest absolute Gasteiger partial charge is 0.382 e. The number of amides is 1. The second kappa shape index (κ2) is 6.34. The molecule has 2 aromatic rings. The van der Waals surface area contributed by atoms with Crippen molar-refractivity contribution >= 4 is 17.4 Å². The first-order valence-corrected chi connectivity index (χ1v) is 6.86. The van der Waals surface area contributed by atoms with Crippen LogP contribution in [0.25, 0.3) is 0 Å². The van der Waals surface area contributed by atoms with Crippen LogP contribution in [0.1, 0.15) is 48.8 Å². The number of rotatable bonds is 5. The molecule has 7 heteroatoms. The van der Waals surface area contributed by atoms with Gasteiger partial charge in [-0.15, -0.1) is 0 Å². The van der Waals surface area contributed by atoms with Crippen LogP contribution in [-0.2, 0) is 0 Å². The Kier molecular flexibility index (Phi) is 4.52. The quantitative estimate of drug-likeness (QED) is 0.878. The molecule has 0 aliphatic heterocycles. The van der Waals surface area contributed by atoms with Crippen LogP contribution in [0, 0.1) is 6.92 Å². The number of anilines is 2. The van der Waals surface area contributed by atoms with Crippen LogP contribution in [-0.4, -0.2) is 27.6 Å². The number of carbonyl (C=O) groups is 1. The Balaban J connectivity index is 2.30. The summed E-state index contributed by atoms with van der Waals surface area (Å²) in [6, 6.07) is 1.65. The van der Waals surface area contributed by atoms with Gasteiger partial charge in [-0.25, -0.2) is 9.97 Å². The third-order valence-corrected chi connectivity index (χ3v) is 2.78. The lowest BCUT2D eigenvalue weighted by Crippen LogP contribution is -2.18. The molecule has 0 atom stereocenters. The minimum Gasteiger partial charge on any atom is -0.382 e. The molecule has 0 aliphatic carbocycles. The predicted octanol–water partition coefficient (Wildman–Crippen LogP) is 2.58. The normalized spacial score (nSPS) is 10.7. The summed E-state index contributed by atoms with van der Waals surface area (Å²) in [6.07, 6.45) is 1.63. The first kappa shape index (κ1) is 15.0. The van der Waals surface area contributed by atoms with E-state index in [2.05, 4.69) is 25.8 Å². The first-order valence-electron chi connectivity index (χ1n) is 6.86. The number of aromatic nitrogens is 3. The van der Waals surface area contributed by atoms with Crippen LogP contribution >= 0.6 is 0 Å². The fourth-order valence-electron chi connectivity index (χ4n) is 1.77. The highest BCUT2D eigenvalue weighted by molar-refractivity contribution is 6.05. The molecule has 0 fully saturated rings. The fraction of sp³-hybridized carbons (Fsp3) is 0.429. The molecule has 7 nitrogen and oxygen atoms in total. The lowest BCUT2D eigenvalue weighted by molar-refractivity contribution is 0.102. The van der Waals surface area contributed by atoms with Crippen LogP contribution in [0.2, 0.25) is 0 Å². The van der Waals surface area contributed by atoms with Gasteiger partial charge in [0.25, 0.3) is 5.91 Å². The van der Waals surface area contributed by atoms with Crippen molar-refractivity contribution < 1.29 is 9.32 Å². The lowest BCUT2D eigenvalue weighted by Gasteiger charge is -2.11. The van der Waals surface area contributed by atoms with E-state index in [-0.39, 0.29) is 11.8 Å². The van der Waals surface area contributed by atoms with E-state index in [0.29, 0.717) is 35.3 Å². The van der Waals surface area contributed by atoms with E-state index in [1.807, 2.05) is 20.8 Å². The molecule has 0 radical (unpaired) electrons. The van der Waals surface area contributed by atoms with Gasteiger partial charge < -0.3 is 15.2 Å². The second-order valence-electron chi connectivity index (χ2n) is 4.95. The van der Waals surface area contributed by atoms with E-state index in [0.717, 1.165) is 0 Å². The van der Waals surface area contributed by atoms with Crippen molar-refractivity contribution in [2.45, 2.75) is 33.6 Å². The van der Waals surface area contributed by atoms with Gasteiger partial charge in [0.05, 0.1) is 11.9 Å². The van der Waals surface area contributed by atoms with Gasteiger partial charge in [-0.1, -0.05) is 19.0 Å². The van der Waals surface area contributed by atoms with E-state index in [9.17, 15) is 4.79 Å². The molecule has 2 aromatic heterocycles. The summed E-state index contributed by atoms with van der Waals surface area (Å²) in [4.78, 5) is 21.0. The second-order valence-corrected chi connectivity index (χ2v) is 4.95. The Morgan fingerprint density at radius 3 is 2.76 bits per heavy atom. The molecule has 0 aromatic carbocycles. The number of aryl methyl sites for hydroxylation is 1. The number of nitrogens with zero attached hydrogens (tertiary/aromatic N) is 3. The number of nitrogens with one attached hydrogen (secondary N) is 2. The zero-order chi connectivity index (χ0) is 15.4. The first-order chi connectivity index (χ1) is 10.0. The number of hydrogen-bond donors (Lipinski definition) is 2. The fourth-order valence-corrected chi connectivity index (χ4v) is 1.77. The Labute approximate surface area is 123 Å². The van der Waals surface area contributed by atoms with Crippen molar-refractivity contribution in [1.82, 2.24) is 15.1 Å². The van der Waals surface area contributed by atoms with Gasteiger partial charge >= 0.3 is 0 Å². The van der Waals surface area contributed by atoms with Gasteiger partial charge in [0, 0.05) is 18.5 Å². The topological polar surface area (TPSA) is 92.9 Å². The van der Waals surface area contributed by atoms with Crippen molar-refractivity contribution in [3.05, 3.63) is 29.5 Å². The lowest BCUT2D eigenvalue weighted by atomic mass is 10.2. The zero-order valence-corrected chi connectivity index (χ0v) is 12.6. The molecule has 0 saturated heterocycles. The van der Waals surface area contributed by atoms with E-state index < -0.39 is 0 Å². The minimum atomic E-state index is -0.344. The Hall–Kier alpha value is -2.44. The maximum atomic E-state index is 12.4. The summed E-state index contributed by atoms with van der Waals surface area (Å²) >= 11 is 0. The van der Waals surface area contributed by atoms with Crippen molar-refractivity contribution in [3.8, 4) is 0 Å². The van der Waals surface area contributed by atoms with Gasteiger partial charge in [0.1, 0.15) is 11.6 Å². The van der Waals surface area contributed by atoms with Gasteiger partial charge in [0.15, 0.2) is 11.5 Å². The van der Waals surface area contributed by atoms with Crippen LogP contribution in [0.5, 0.6) is 0 Å². The van der Waals surface area contributed by atoms with E-state index in [1.165, 1.54) is 0 Å². The highest BCUT2D eigenvalue weighted by Crippen LogP contribution is 2.18. The molecule has 0 unspecified atom stereocenters. The van der Waals surface area contributed by atoms with E-state index in [1.54, 1.807) is 19.2 Å². The molecule has 112 valence electrons. The average Bonchev–Trinajstić information content (AvgIpc) is 2.84. The molecule has 0 spiro atoms. The van der Waals surface area contributed by atoms with Crippen molar-refractivity contribution in [1.29, 1.82) is 0 Å². The predicted molar refractivity (Wildman–Crippen MR) is 79.5 cm³/mol. The van der Waals surface area contributed by atoms with Crippen LogP contribution < -0.4 is 10.6 Å². The van der Waals surface area contributed by atoms with Crippen LogP contribution in [0.3, 0.4) is 0 Å². The van der Waals surface area contributed by atoms with Crippen molar-refractivity contribution in [3.63, 3.8) is 0 Å². The Bertz CT molecular complexity index is 636. The Morgan fingerprint density at radius 2 is 2.19 bits per heavy atom. The third-order valence-electron chi connectivity index (χ3n) is 2.78. The molecular weight excluding hydrogens is 270 g/mol. The highest BCUT2D eigenvalue weighted by Gasteiger charge is 2.17. The standard InChI is InChI=1S/C14H19N5O2/c1-5-15-10-7-16-13(8(2)3)18-12(10)14(20)17-11-6-9(4)21-19-11/h6-8,15H,5H2,1-4H3,(H,17,19,20). The van der Waals surface area contributed by atoms with E-state index >= 15 is 0 Å². The molecule has 1 amide bonds. The SMILES string of the molecule is CCNc1cnc(C(C)C)nc1C(=O)Nc1cc(C)on1. The number of hydrogen-bond acceptors (Lipinski definition) is 6. The molecule has 21 heavy (non-hydrogen) atoms. The summed E-state index contributed by atoms with van der Waals surface area (Å²) in [6.45, 7) is 8.33. The van der Waals surface area contributed by atoms with Gasteiger partial charge in [-0.2, -0.15) is 0 Å². The summed E-state index contributed by atoms with van der Waals surface area (Å²) in [5, 5.41) is 9.50. The minimum absolute atomic E-state index is 0.140. The summed E-state index contributed by atoms with van der Waals surface area (Å²) in [5.74, 6) is 1.41. The molecule has 2 heterocycles. The van der Waals surface area contributed by atoms with E-state index in [4.69, 9.17) is 4.52 Å². The smallest absolute Gasteiger partial charge is 0.277 e. The van der Waals surface area contributed by atoms with Gasteiger partial charge in [-0.05, 0) is 13.8 Å². The van der Waals surface area contributed by atoms with Crippen LogP contribution in [0.4, 0.5) is 11.5 Å². The number of carbonyl (C=O) groups excluding carboxylic acids is 1. The summed E-state index contributed by atoms with van der Waals surface area (Å²) in [5.41, 5.74) is 0.899. The third kappa shape index (κ3) is 3.56. The van der Waals surface area contributed by atoms with Crippen molar-refractivity contribution in [2.75, 3.05) is 17.2 Å². The van der Waals surface area contributed by atoms with Crippen LogP contribution in [0.15, 0.2) is 16.8 Å². The maximum absolute atomic E-state index is 12.4. The van der Waals surface area contributed by atoms with Gasteiger partial charge in [-0.3, -0.25) is 4.79 Å². The average molecular weight is 289 g/mol. The summed E-state index contributed by atoms with van der Waals surface area (Å²) in [7, 11) is 0. The van der Waals surface area contributed by atoms with Crippen molar-refractivity contribution in [2.24, 2.45) is 0 Å². The Morgan fingerprint density at radius 1 is 1.43 bits per heavy atom.